The zero-order valence-corrected chi connectivity index (χ0v) is 19.6. The van der Waals surface area contributed by atoms with Crippen molar-refractivity contribution in [1.29, 1.82) is 0 Å². The first-order valence-corrected chi connectivity index (χ1v) is 12.4. The van der Waals surface area contributed by atoms with Crippen molar-refractivity contribution in [2.45, 2.75) is 51.0 Å². The third kappa shape index (κ3) is 3.47. The van der Waals surface area contributed by atoms with Gasteiger partial charge < -0.3 is 19.0 Å². The van der Waals surface area contributed by atoms with Crippen LogP contribution in [-0.2, 0) is 0 Å². The highest BCUT2D eigenvalue weighted by Crippen LogP contribution is 2.45. The molecule has 0 bridgehead atoms. The minimum Gasteiger partial charge on any atom is -0.486 e. The topological polar surface area (TPSA) is 63.0 Å². The van der Waals surface area contributed by atoms with E-state index in [1.54, 1.807) is 0 Å². The van der Waals surface area contributed by atoms with Crippen LogP contribution in [0, 0.1) is 6.92 Å². The molecule has 176 valence electrons. The number of benzene rings is 2. The predicted molar refractivity (Wildman–Crippen MR) is 131 cm³/mol. The summed E-state index contributed by atoms with van der Waals surface area (Å²) >= 11 is 0. The number of hydrogen-bond acceptors (Lipinski definition) is 5. The molecule has 3 aliphatic rings. The first-order chi connectivity index (χ1) is 16.5. The Kier molecular flexibility index (Phi) is 5.12. The zero-order valence-electron chi connectivity index (χ0n) is 19.6. The minimum atomic E-state index is -0.356. The van der Waals surface area contributed by atoms with Gasteiger partial charge in [0.1, 0.15) is 16.9 Å². The minimum absolute atomic E-state index is 0.105. The average Bonchev–Trinajstić information content (AvgIpc) is 3.21. The molecule has 1 aromatic heterocycles. The molecular weight excluding hydrogens is 428 g/mol. The molecular formula is C28H30N2O4. The third-order valence-electron chi connectivity index (χ3n) is 7.79. The Labute approximate surface area is 199 Å². The summed E-state index contributed by atoms with van der Waals surface area (Å²) in [7, 11) is 0. The molecule has 2 fully saturated rings. The lowest BCUT2D eigenvalue weighted by molar-refractivity contribution is 0.0139. The second-order valence-electron chi connectivity index (χ2n) is 9.93. The number of fused-ring (bicyclic) bond motifs is 3. The molecule has 6 nitrogen and oxygen atoms in total. The van der Waals surface area contributed by atoms with E-state index in [0.717, 1.165) is 49.7 Å². The average molecular weight is 459 g/mol. The van der Waals surface area contributed by atoms with Gasteiger partial charge in [-0.05, 0) is 56.9 Å². The second kappa shape index (κ2) is 8.19. The molecule has 0 N–H and O–H groups in total. The lowest BCUT2D eigenvalue weighted by Crippen LogP contribution is -2.48. The highest BCUT2D eigenvalue weighted by atomic mass is 16.5. The maximum atomic E-state index is 13.4. The van der Waals surface area contributed by atoms with Gasteiger partial charge in [0, 0.05) is 42.8 Å². The SMILES string of the molecule is Cc1c(C(=O)N2CCN(c3ccccc3)CC2)oc2ccc3c(c12)C(=O)CC1(CCCCC1)O3. The lowest BCUT2D eigenvalue weighted by atomic mass is 9.78. The quantitative estimate of drug-likeness (QED) is 0.517. The van der Waals surface area contributed by atoms with E-state index in [4.69, 9.17) is 9.15 Å². The normalized spacial score (nSPS) is 19.9. The molecule has 6 rings (SSSR count). The van der Waals surface area contributed by atoms with Crippen molar-refractivity contribution >= 4 is 28.3 Å². The molecule has 6 heteroatoms. The number of rotatable bonds is 2. The molecule has 34 heavy (non-hydrogen) atoms. The van der Waals surface area contributed by atoms with Crippen molar-refractivity contribution < 1.29 is 18.7 Å². The molecule has 1 saturated heterocycles. The number of hydrogen-bond donors (Lipinski definition) is 0. The number of anilines is 1. The van der Waals surface area contributed by atoms with Gasteiger partial charge in [0.15, 0.2) is 11.5 Å². The third-order valence-corrected chi connectivity index (χ3v) is 7.79. The van der Waals surface area contributed by atoms with Gasteiger partial charge >= 0.3 is 0 Å². The van der Waals surface area contributed by atoms with E-state index in [0.29, 0.717) is 42.2 Å². The van der Waals surface area contributed by atoms with Crippen LogP contribution in [0.4, 0.5) is 5.69 Å². The van der Waals surface area contributed by atoms with E-state index in [1.165, 1.54) is 12.1 Å². The van der Waals surface area contributed by atoms with Gasteiger partial charge in [0.2, 0.25) is 0 Å². The molecule has 0 atom stereocenters. The van der Waals surface area contributed by atoms with Gasteiger partial charge in [-0.25, -0.2) is 0 Å². The zero-order chi connectivity index (χ0) is 23.3. The molecule has 0 unspecified atom stereocenters. The number of ether oxygens (including phenoxy) is 1. The second-order valence-corrected chi connectivity index (χ2v) is 9.93. The summed E-state index contributed by atoms with van der Waals surface area (Å²) < 4.78 is 12.5. The summed E-state index contributed by atoms with van der Waals surface area (Å²) in [6.07, 6.45) is 5.68. The van der Waals surface area contributed by atoms with Crippen LogP contribution in [0.25, 0.3) is 11.0 Å². The van der Waals surface area contributed by atoms with Crippen molar-refractivity contribution in [3.05, 3.63) is 59.4 Å². The fourth-order valence-corrected chi connectivity index (χ4v) is 5.96. The number of nitrogens with zero attached hydrogens (tertiary/aromatic N) is 2. The highest BCUT2D eigenvalue weighted by Gasteiger charge is 2.42. The first-order valence-electron chi connectivity index (χ1n) is 12.4. The Morgan fingerprint density at radius 3 is 2.41 bits per heavy atom. The lowest BCUT2D eigenvalue weighted by Gasteiger charge is -2.40. The monoisotopic (exact) mass is 458 g/mol. The van der Waals surface area contributed by atoms with Crippen molar-refractivity contribution in [3.63, 3.8) is 0 Å². The number of aryl methyl sites for hydroxylation is 1. The predicted octanol–water partition coefficient (Wildman–Crippen LogP) is 5.37. The summed E-state index contributed by atoms with van der Waals surface area (Å²) in [5, 5.41) is 0.736. The van der Waals surface area contributed by atoms with Crippen molar-refractivity contribution in [3.8, 4) is 5.75 Å². The maximum absolute atomic E-state index is 13.4. The van der Waals surface area contributed by atoms with Crippen LogP contribution < -0.4 is 9.64 Å². The van der Waals surface area contributed by atoms with Gasteiger partial charge in [-0.15, -0.1) is 0 Å². The number of ketones is 1. The van der Waals surface area contributed by atoms with Gasteiger partial charge in [-0.3, -0.25) is 9.59 Å². The van der Waals surface area contributed by atoms with Crippen LogP contribution in [0.3, 0.4) is 0 Å². The number of carbonyl (C=O) groups is 2. The van der Waals surface area contributed by atoms with Crippen LogP contribution >= 0.6 is 0 Å². The van der Waals surface area contributed by atoms with E-state index in [1.807, 2.05) is 42.2 Å². The molecule has 1 saturated carbocycles. The summed E-state index contributed by atoms with van der Waals surface area (Å²) in [6.45, 7) is 4.70. The number of piperazine rings is 1. The highest BCUT2D eigenvalue weighted by molar-refractivity contribution is 6.13. The van der Waals surface area contributed by atoms with Gasteiger partial charge in [0.05, 0.1) is 12.0 Å². The maximum Gasteiger partial charge on any atom is 0.290 e. The number of carbonyl (C=O) groups excluding carboxylic acids is 2. The van der Waals surface area contributed by atoms with Crippen molar-refractivity contribution in [1.82, 2.24) is 4.90 Å². The molecule has 1 spiro atoms. The van der Waals surface area contributed by atoms with Crippen LogP contribution in [0.15, 0.2) is 46.9 Å². The molecule has 3 heterocycles. The van der Waals surface area contributed by atoms with Crippen molar-refractivity contribution in [2.75, 3.05) is 31.1 Å². The molecule has 1 amide bonds. The molecule has 2 aromatic carbocycles. The summed E-state index contributed by atoms with van der Waals surface area (Å²) in [5.41, 5.74) is 2.72. The number of amides is 1. The van der Waals surface area contributed by atoms with Gasteiger partial charge in [-0.2, -0.15) is 0 Å². The van der Waals surface area contributed by atoms with E-state index in [9.17, 15) is 9.59 Å². The largest absolute Gasteiger partial charge is 0.486 e. The van der Waals surface area contributed by atoms with Crippen molar-refractivity contribution in [2.24, 2.45) is 0 Å². The Morgan fingerprint density at radius 2 is 1.68 bits per heavy atom. The molecule has 2 aliphatic heterocycles. The van der Waals surface area contributed by atoms with E-state index < -0.39 is 0 Å². The van der Waals surface area contributed by atoms with Gasteiger partial charge in [0.25, 0.3) is 5.91 Å². The Bertz CT molecular complexity index is 1250. The fraction of sp³-hybridized carbons (Fsp3) is 0.429. The molecule has 1 aliphatic carbocycles. The van der Waals surface area contributed by atoms with Crippen LogP contribution in [0.2, 0.25) is 0 Å². The Hall–Kier alpha value is -3.28. The first kappa shape index (κ1) is 21.3. The standard InChI is InChI=1S/C28H30N2O4/c1-19-24-22(10-11-23-25(24)21(31)18-28(34-23)12-6-3-7-13-28)33-26(19)27(32)30-16-14-29(15-17-30)20-8-4-2-5-9-20/h2,4-5,8-11H,3,6-7,12-18H2,1H3. The number of para-hydroxylation sites is 1. The molecule has 3 aromatic rings. The Balaban J connectivity index is 1.27. The fourth-order valence-electron chi connectivity index (χ4n) is 5.96. The smallest absolute Gasteiger partial charge is 0.290 e. The summed E-state index contributed by atoms with van der Waals surface area (Å²) in [4.78, 5) is 30.9. The van der Waals surface area contributed by atoms with Crippen LogP contribution in [-0.4, -0.2) is 48.4 Å². The number of furan rings is 1. The van der Waals surface area contributed by atoms with Crippen LogP contribution in [0.5, 0.6) is 5.75 Å². The van der Waals surface area contributed by atoms with Gasteiger partial charge in [-0.1, -0.05) is 24.6 Å². The summed E-state index contributed by atoms with van der Waals surface area (Å²) in [6, 6.07) is 14.0. The Morgan fingerprint density at radius 1 is 0.941 bits per heavy atom. The molecule has 0 radical (unpaired) electrons. The van der Waals surface area contributed by atoms with E-state index in [-0.39, 0.29) is 17.3 Å². The number of Topliss-reactive ketones (excluding diaryl/α,β-unsaturated/α-hetero) is 1. The van der Waals surface area contributed by atoms with E-state index in [2.05, 4.69) is 17.0 Å². The summed E-state index contributed by atoms with van der Waals surface area (Å²) in [5.74, 6) is 0.976. The van der Waals surface area contributed by atoms with Crippen LogP contribution in [0.1, 0.15) is 65.0 Å². The van der Waals surface area contributed by atoms with E-state index >= 15 is 0 Å².